The van der Waals surface area contributed by atoms with E-state index in [2.05, 4.69) is 4.74 Å². The number of ether oxygens (including phenoxy) is 1. The van der Waals surface area contributed by atoms with Gasteiger partial charge in [-0.25, -0.2) is 0 Å². The molecule has 10 heteroatoms. The van der Waals surface area contributed by atoms with E-state index in [0.717, 1.165) is 0 Å². The van der Waals surface area contributed by atoms with Crippen molar-refractivity contribution >= 4 is 0 Å². The molecule has 0 aliphatic carbocycles. The van der Waals surface area contributed by atoms with Crippen LogP contribution in [0.3, 0.4) is 0 Å². The van der Waals surface area contributed by atoms with Gasteiger partial charge in [0.2, 0.25) is 6.29 Å². The van der Waals surface area contributed by atoms with Crippen molar-refractivity contribution in [3.63, 3.8) is 0 Å². The summed E-state index contributed by atoms with van der Waals surface area (Å²) in [7, 11) is 0. The van der Waals surface area contributed by atoms with E-state index >= 15 is 0 Å². The number of rotatable bonds is 3. The van der Waals surface area contributed by atoms with Gasteiger partial charge in [-0.05, 0) is 0 Å². The highest BCUT2D eigenvalue weighted by Crippen LogP contribution is 2.38. The van der Waals surface area contributed by atoms with Gasteiger partial charge in [-0.3, -0.25) is 0 Å². The van der Waals surface area contributed by atoms with Crippen LogP contribution in [0.1, 0.15) is 0 Å². The molecular formula is C5H4F8O2. The Kier molecular flexibility index (Phi) is 3.91. The lowest BCUT2D eigenvalue weighted by atomic mass is 10.3. The van der Waals surface area contributed by atoms with Gasteiger partial charge in [0.25, 0.3) is 0 Å². The fourth-order valence-electron chi connectivity index (χ4n) is 0.418. The summed E-state index contributed by atoms with van der Waals surface area (Å²) in [4.78, 5) is 0. The zero-order chi connectivity index (χ0) is 12.5. The third kappa shape index (κ3) is 4.16. The summed E-state index contributed by atoms with van der Waals surface area (Å²) in [5.41, 5.74) is 0. The van der Waals surface area contributed by atoms with Crippen molar-refractivity contribution in [2.75, 3.05) is 6.61 Å². The average Bonchev–Trinajstić information content (AvgIpc) is 1.96. The predicted molar refractivity (Wildman–Crippen MR) is 29.0 cm³/mol. The van der Waals surface area contributed by atoms with Crippen molar-refractivity contribution in [2.45, 2.75) is 24.6 Å². The first kappa shape index (κ1) is 14.4. The molecule has 0 aliphatic rings. The van der Waals surface area contributed by atoms with Crippen molar-refractivity contribution in [2.24, 2.45) is 0 Å². The molecule has 0 bridgehead atoms. The predicted octanol–water partition coefficient (Wildman–Crippen LogP) is 2.08. The Labute approximate surface area is 77.4 Å². The molecule has 1 atom stereocenters. The van der Waals surface area contributed by atoms with Gasteiger partial charge in [0, 0.05) is 0 Å². The Morgan fingerprint density at radius 3 is 1.60 bits per heavy atom. The lowest BCUT2D eigenvalue weighted by Crippen LogP contribution is -2.49. The molecule has 0 spiro atoms. The maximum Gasteiger partial charge on any atom is 0.458 e. The minimum atomic E-state index is -6.18. The molecule has 0 amide bonds. The van der Waals surface area contributed by atoms with Crippen LogP contribution >= 0.6 is 0 Å². The summed E-state index contributed by atoms with van der Waals surface area (Å²) < 4.78 is 95.3. The summed E-state index contributed by atoms with van der Waals surface area (Å²) >= 11 is 0. The van der Waals surface area contributed by atoms with E-state index in [1.807, 2.05) is 0 Å². The molecular weight excluding hydrogens is 244 g/mol. The molecule has 1 N–H and O–H groups in total. The highest BCUT2D eigenvalue weighted by molar-refractivity contribution is 4.78. The van der Waals surface area contributed by atoms with Crippen molar-refractivity contribution in [3.8, 4) is 0 Å². The summed E-state index contributed by atoms with van der Waals surface area (Å²) in [5, 5.41) is 8.08. The lowest BCUT2D eigenvalue weighted by Gasteiger charge is -2.24. The largest absolute Gasteiger partial charge is 0.458 e. The number of halogens is 8. The van der Waals surface area contributed by atoms with Crippen LogP contribution in [0.15, 0.2) is 0 Å². The summed E-state index contributed by atoms with van der Waals surface area (Å²) in [6, 6.07) is 0. The molecule has 0 radical (unpaired) electrons. The average molecular weight is 248 g/mol. The van der Waals surface area contributed by atoms with E-state index in [-0.39, 0.29) is 0 Å². The van der Waals surface area contributed by atoms with Crippen molar-refractivity contribution in [1.82, 2.24) is 0 Å². The Bertz CT molecular complexity index is 206. The smallest absolute Gasteiger partial charge is 0.363 e. The molecule has 0 aliphatic heterocycles. The number of hydrogen-bond donors (Lipinski definition) is 1. The molecule has 0 saturated carbocycles. The fourth-order valence-corrected chi connectivity index (χ4v) is 0.418. The van der Waals surface area contributed by atoms with Gasteiger partial charge in [0.05, 0.1) is 0 Å². The van der Waals surface area contributed by atoms with E-state index in [1.54, 1.807) is 0 Å². The van der Waals surface area contributed by atoms with Crippen LogP contribution < -0.4 is 0 Å². The first-order valence-corrected chi connectivity index (χ1v) is 3.19. The molecule has 0 heterocycles. The summed E-state index contributed by atoms with van der Waals surface area (Å²) in [5.74, 6) is -5.75. The molecule has 0 rings (SSSR count). The second-order valence-corrected chi connectivity index (χ2v) is 2.40. The van der Waals surface area contributed by atoms with Crippen molar-refractivity contribution in [1.29, 1.82) is 0 Å². The van der Waals surface area contributed by atoms with Crippen LogP contribution in [0, 0.1) is 0 Å². The number of aliphatic hydroxyl groups is 1. The number of alkyl halides is 8. The standard InChI is InChI=1S/C5H4F8O2/c6-3(7,8)1-15-2(14)4(9,10)5(11,12)13/h2,14H,1H2. The molecule has 0 aromatic heterocycles. The molecule has 1 unspecified atom stereocenters. The maximum absolute atomic E-state index is 12.0. The quantitative estimate of drug-likeness (QED) is 0.612. The van der Waals surface area contributed by atoms with Crippen LogP contribution in [0.2, 0.25) is 0 Å². The normalized spacial score (nSPS) is 16.6. The van der Waals surface area contributed by atoms with Crippen molar-refractivity contribution < 1.29 is 45.0 Å². The third-order valence-corrected chi connectivity index (χ3v) is 1.09. The SMILES string of the molecule is OC(OCC(F)(F)F)C(F)(F)C(F)(F)F. The second-order valence-electron chi connectivity index (χ2n) is 2.40. The molecule has 92 valence electrons. The summed E-state index contributed by atoms with van der Waals surface area (Å²) in [6.45, 7) is -2.40. The van der Waals surface area contributed by atoms with Gasteiger partial charge >= 0.3 is 18.3 Å². The van der Waals surface area contributed by atoms with Gasteiger partial charge in [0.1, 0.15) is 6.61 Å². The van der Waals surface area contributed by atoms with Gasteiger partial charge in [-0.2, -0.15) is 35.1 Å². The van der Waals surface area contributed by atoms with Crippen LogP contribution in [0.5, 0.6) is 0 Å². The van der Waals surface area contributed by atoms with Crippen LogP contribution in [-0.2, 0) is 4.74 Å². The van der Waals surface area contributed by atoms with Crippen LogP contribution in [0.25, 0.3) is 0 Å². The first-order valence-electron chi connectivity index (χ1n) is 3.19. The minimum absolute atomic E-state index is 2.40. The van der Waals surface area contributed by atoms with E-state index in [1.165, 1.54) is 0 Å². The van der Waals surface area contributed by atoms with Crippen molar-refractivity contribution in [3.05, 3.63) is 0 Å². The second kappa shape index (κ2) is 4.08. The Morgan fingerprint density at radius 1 is 0.933 bits per heavy atom. The maximum atomic E-state index is 12.0. The monoisotopic (exact) mass is 248 g/mol. The number of hydrogen-bond acceptors (Lipinski definition) is 2. The zero-order valence-corrected chi connectivity index (χ0v) is 6.66. The molecule has 2 nitrogen and oxygen atoms in total. The lowest BCUT2D eigenvalue weighted by molar-refractivity contribution is -0.365. The van der Waals surface area contributed by atoms with E-state index in [0.29, 0.717) is 0 Å². The van der Waals surface area contributed by atoms with Crippen LogP contribution in [0.4, 0.5) is 35.1 Å². The van der Waals surface area contributed by atoms with Crippen LogP contribution in [-0.4, -0.2) is 36.3 Å². The van der Waals surface area contributed by atoms with Gasteiger partial charge in [0.15, 0.2) is 0 Å². The zero-order valence-electron chi connectivity index (χ0n) is 6.66. The fraction of sp³-hybridized carbons (Fsp3) is 1.00. The molecule has 0 saturated heterocycles. The molecule has 0 fully saturated rings. The highest BCUT2D eigenvalue weighted by atomic mass is 19.4. The van der Waals surface area contributed by atoms with Gasteiger partial charge in [-0.15, -0.1) is 0 Å². The Morgan fingerprint density at radius 2 is 1.33 bits per heavy atom. The van der Waals surface area contributed by atoms with E-state index < -0.39 is 31.2 Å². The molecule has 0 aromatic rings. The highest BCUT2D eigenvalue weighted by Gasteiger charge is 2.63. The molecule has 15 heavy (non-hydrogen) atoms. The van der Waals surface area contributed by atoms with Gasteiger partial charge in [-0.1, -0.05) is 0 Å². The molecule has 0 aromatic carbocycles. The van der Waals surface area contributed by atoms with E-state index in [9.17, 15) is 35.1 Å². The van der Waals surface area contributed by atoms with Gasteiger partial charge < -0.3 is 9.84 Å². The van der Waals surface area contributed by atoms with E-state index in [4.69, 9.17) is 5.11 Å². The summed E-state index contributed by atoms with van der Waals surface area (Å²) in [6.07, 6.45) is -15.2. The first-order chi connectivity index (χ1) is 6.38. The minimum Gasteiger partial charge on any atom is -0.363 e. The topological polar surface area (TPSA) is 29.5 Å². The third-order valence-electron chi connectivity index (χ3n) is 1.09. The number of aliphatic hydroxyl groups excluding tert-OH is 1. The Balaban J connectivity index is 4.39. The Hall–Kier alpha value is -0.640.